The lowest BCUT2D eigenvalue weighted by Crippen LogP contribution is -2.43. The zero-order valence-corrected chi connectivity index (χ0v) is 21.5. The van der Waals surface area contributed by atoms with Crippen LogP contribution in [-0.4, -0.2) is 65.6 Å². The first-order chi connectivity index (χ1) is 19.0. The van der Waals surface area contributed by atoms with E-state index >= 15 is 0 Å². The Balaban J connectivity index is 1.42. The molecular formula is C30H27N5O4. The number of fused-ring (bicyclic) bond motifs is 3. The number of non-ortho nitro benzene ring substituents is 1. The standard InChI is InChI=1S/C30H27N5O4/c1-33(27(36)19-34-13-15-39-16-14-34)22-9-7-20(8-10-22)25-18-31-30-29(28(25)21-5-3-2-4-6-21)24-17-23(35(37)38)11-12-26(24)32-30/h2-12,17-18H,13-16,19H2,1H3,(H,31,32). The topological polar surface area (TPSA) is 105 Å². The molecule has 0 aliphatic carbocycles. The van der Waals surface area contributed by atoms with E-state index < -0.39 is 0 Å². The SMILES string of the molecule is CN(C(=O)CN1CCOCC1)c1ccc(-c2cnc3[nH]c4ccc([N+](=O)[O-])cc4c3c2-c2ccccc2)cc1. The maximum atomic E-state index is 12.9. The van der Waals surface area contributed by atoms with E-state index in [9.17, 15) is 14.9 Å². The van der Waals surface area contributed by atoms with Gasteiger partial charge in [0, 0.05) is 71.6 Å². The summed E-state index contributed by atoms with van der Waals surface area (Å²) in [5.41, 5.74) is 6.03. The lowest BCUT2D eigenvalue weighted by molar-refractivity contribution is -0.384. The van der Waals surface area contributed by atoms with Crippen LogP contribution in [-0.2, 0) is 9.53 Å². The van der Waals surface area contributed by atoms with Gasteiger partial charge in [-0.1, -0.05) is 42.5 Å². The number of rotatable bonds is 6. The van der Waals surface area contributed by atoms with E-state index in [2.05, 4.69) is 9.88 Å². The number of pyridine rings is 1. The molecule has 196 valence electrons. The van der Waals surface area contributed by atoms with Crippen LogP contribution in [0.2, 0.25) is 0 Å². The first kappa shape index (κ1) is 24.7. The fraction of sp³-hybridized carbons (Fsp3) is 0.200. The Morgan fingerprint density at radius 3 is 2.51 bits per heavy atom. The van der Waals surface area contributed by atoms with Crippen LogP contribution in [0.5, 0.6) is 0 Å². The molecule has 5 aromatic rings. The Morgan fingerprint density at radius 1 is 1.05 bits per heavy atom. The molecule has 39 heavy (non-hydrogen) atoms. The molecule has 0 spiro atoms. The summed E-state index contributed by atoms with van der Waals surface area (Å²) in [5, 5.41) is 13.1. The van der Waals surface area contributed by atoms with Crippen molar-refractivity contribution in [3.63, 3.8) is 0 Å². The van der Waals surface area contributed by atoms with Gasteiger partial charge in [0.25, 0.3) is 5.69 Å². The Kier molecular flexibility index (Phi) is 6.52. The van der Waals surface area contributed by atoms with E-state index in [0.717, 1.165) is 57.3 Å². The summed E-state index contributed by atoms with van der Waals surface area (Å²) < 4.78 is 5.38. The molecule has 0 bridgehead atoms. The van der Waals surface area contributed by atoms with Crippen molar-refractivity contribution in [1.29, 1.82) is 0 Å². The van der Waals surface area contributed by atoms with Crippen LogP contribution in [0.1, 0.15) is 0 Å². The third-order valence-electron chi connectivity index (χ3n) is 7.28. The number of carbonyl (C=O) groups excluding carboxylic acids is 1. The summed E-state index contributed by atoms with van der Waals surface area (Å²) in [4.78, 5) is 35.9. The Hall–Kier alpha value is -4.60. The number of benzene rings is 3. The molecule has 0 unspecified atom stereocenters. The van der Waals surface area contributed by atoms with Gasteiger partial charge in [0.1, 0.15) is 5.65 Å². The van der Waals surface area contributed by atoms with Crippen molar-refractivity contribution in [2.24, 2.45) is 0 Å². The highest BCUT2D eigenvalue weighted by Gasteiger charge is 2.21. The highest BCUT2D eigenvalue weighted by atomic mass is 16.6. The van der Waals surface area contributed by atoms with Crippen LogP contribution in [0.15, 0.2) is 79.0 Å². The van der Waals surface area contributed by atoms with E-state index in [4.69, 9.17) is 9.72 Å². The molecular weight excluding hydrogens is 494 g/mol. The Morgan fingerprint density at radius 2 is 1.79 bits per heavy atom. The van der Waals surface area contributed by atoms with Crippen LogP contribution < -0.4 is 4.90 Å². The van der Waals surface area contributed by atoms with Crippen molar-refractivity contribution in [1.82, 2.24) is 14.9 Å². The maximum Gasteiger partial charge on any atom is 0.270 e. The second-order valence-electron chi connectivity index (χ2n) is 9.64. The molecule has 0 atom stereocenters. The van der Waals surface area contributed by atoms with Crippen LogP contribution >= 0.6 is 0 Å². The third kappa shape index (κ3) is 4.73. The van der Waals surface area contributed by atoms with Gasteiger partial charge in [0.15, 0.2) is 0 Å². The minimum atomic E-state index is -0.382. The van der Waals surface area contributed by atoms with Crippen molar-refractivity contribution in [2.45, 2.75) is 0 Å². The van der Waals surface area contributed by atoms with Crippen molar-refractivity contribution >= 4 is 39.2 Å². The largest absolute Gasteiger partial charge is 0.379 e. The molecule has 1 aliphatic rings. The van der Waals surface area contributed by atoms with Gasteiger partial charge in [-0.15, -0.1) is 0 Å². The number of nitrogens with one attached hydrogen (secondary N) is 1. The fourth-order valence-electron chi connectivity index (χ4n) is 5.15. The summed E-state index contributed by atoms with van der Waals surface area (Å²) in [7, 11) is 1.79. The van der Waals surface area contributed by atoms with Gasteiger partial charge >= 0.3 is 0 Å². The molecule has 1 aliphatic heterocycles. The van der Waals surface area contributed by atoms with Crippen molar-refractivity contribution < 1.29 is 14.5 Å². The summed E-state index contributed by atoms with van der Waals surface area (Å²) in [5.74, 6) is 0.0260. The van der Waals surface area contributed by atoms with Gasteiger partial charge in [0.05, 0.1) is 24.7 Å². The van der Waals surface area contributed by atoms with Crippen LogP contribution in [0.3, 0.4) is 0 Å². The van der Waals surface area contributed by atoms with E-state index in [0.29, 0.717) is 25.4 Å². The number of H-pyrrole nitrogens is 1. The summed E-state index contributed by atoms with van der Waals surface area (Å²) in [6.45, 7) is 3.17. The molecule has 0 radical (unpaired) electrons. The number of hydrogen-bond donors (Lipinski definition) is 1. The van der Waals surface area contributed by atoms with E-state index in [-0.39, 0.29) is 16.5 Å². The monoisotopic (exact) mass is 521 g/mol. The molecule has 0 saturated carbocycles. The zero-order chi connectivity index (χ0) is 26.9. The first-order valence-electron chi connectivity index (χ1n) is 12.8. The van der Waals surface area contributed by atoms with Gasteiger partial charge in [0.2, 0.25) is 5.91 Å². The van der Waals surface area contributed by atoms with E-state index in [1.54, 1.807) is 24.1 Å². The number of morpholine rings is 1. The normalized spacial score (nSPS) is 14.1. The number of hydrogen-bond acceptors (Lipinski definition) is 6. The van der Waals surface area contributed by atoms with Crippen molar-refractivity contribution in [3.05, 3.63) is 89.1 Å². The van der Waals surface area contributed by atoms with Crippen LogP contribution in [0.4, 0.5) is 11.4 Å². The highest BCUT2D eigenvalue weighted by Crippen LogP contribution is 2.41. The van der Waals surface area contributed by atoms with Crippen molar-refractivity contribution in [2.75, 3.05) is 44.8 Å². The number of nitrogens with zero attached hydrogens (tertiary/aromatic N) is 4. The number of nitro groups is 1. The quantitative estimate of drug-likeness (QED) is 0.242. The number of aromatic amines is 1. The summed E-state index contributed by atoms with van der Waals surface area (Å²) in [6.07, 6.45) is 1.83. The lowest BCUT2D eigenvalue weighted by atomic mass is 9.92. The van der Waals surface area contributed by atoms with Gasteiger partial charge in [-0.25, -0.2) is 4.98 Å². The molecule has 1 amide bonds. The number of nitro benzene ring substituents is 1. The third-order valence-corrected chi connectivity index (χ3v) is 7.28. The average molecular weight is 522 g/mol. The average Bonchev–Trinajstić information content (AvgIpc) is 3.35. The molecule has 1 N–H and O–H groups in total. The first-order valence-corrected chi connectivity index (χ1v) is 12.8. The molecule has 9 nitrogen and oxygen atoms in total. The maximum absolute atomic E-state index is 12.9. The minimum Gasteiger partial charge on any atom is -0.379 e. The predicted octanol–water partition coefficient (Wildman–Crippen LogP) is 5.25. The molecule has 1 saturated heterocycles. The smallest absolute Gasteiger partial charge is 0.270 e. The number of likely N-dealkylation sites (N-methyl/N-ethyl adjacent to an activating group) is 1. The molecule has 1 fully saturated rings. The number of ether oxygens (including phenoxy) is 1. The Labute approximate surface area is 224 Å². The summed E-state index contributed by atoms with van der Waals surface area (Å²) in [6, 6.07) is 22.6. The van der Waals surface area contributed by atoms with Gasteiger partial charge in [-0.3, -0.25) is 19.8 Å². The number of aromatic nitrogens is 2. The van der Waals surface area contributed by atoms with Crippen LogP contribution in [0, 0.1) is 10.1 Å². The molecule has 6 rings (SSSR count). The van der Waals surface area contributed by atoms with Crippen LogP contribution in [0.25, 0.3) is 44.2 Å². The minimum absolute atomic E-state index is 0.0260. The second kappa shape index (κ2) is 10.3. The van der Waals surface area contributed by atoms with Gasteiger partial charge in [-0.05, 0) is 29.3 Å². The number of carbonyl (C=O) groups is 1. The zero-order valence-electron chi connectivity index (χ0n) is 21.5. The second-order valence-corrected chi connectivity index (χ2v) is 9.64. The van der Waals surface area contributed by atoms with Crippen molar-refractivity contribution in [3.8, 4) is 22.3 Å². The lowest BCUT2D eigenvalue weighted by Gasteiger charge is -2.28. The summed E-state index contributed by atoms with van der Waals surface area (Å²) >= 11 is 0. The number of anilines is 1. The highest BCUT2D eigenvalue weighted by molar-refractivity contribution is 6.16. The van der Waals surface area contributed by atoms with Gasteiger partial charge in [-0.2, -0.15) is 0 Å². The van der Waals surface area contributed by atoms with E-state index in [1.165, 1.54) is 6.07 Å². The number of amides is 1. The predicted molar refractivity (Wildman–Crippen MR) is 152 cm³/mol. The fourth-order valence-corrected chi connectivity index (χ4v) is 5.15. The molecule has 9 heteroatoms. The van der Waals surface area contributed by atoms with E-state index in [1.807, 2.05) is 60.8 Å². The Bertz CT molecular complexity index is 1680. The molecule has 3 aromatic carbocycles. The molecule has 3 heterocycles. The molecule has 2 aromatic heterocycles. The van der Waals surface area contributed by atoms with Gasteiger partial charge < -0.3 is 14.6 Å².